The van der Waals surface area contributed by atoms with E-state index < -0.39 is 6.04 Å². The molecule has 0 saturated heterocycles. The van der Waals surface area contributed by atoms with Crippen molar-refractivity contribution in [3.8, 4) is 11.5 Å². The van der Waals surface area contributed by atoms with Gasteiger partial charge in [-0.15, -0.1) is 10.2 Å². The summed E-state index contributed by atoms with van der Waals surface area (Å²) < 4.78 is 5.05. The second-order valence-corrected chi connectivity index (χ2v) is 3.60. The summed E-state index contributed by atoms with van der Waals surface area (Å²) in [6, 6.07) is 6.53. The van der Waals surface area contributed by atoms with E-state index in [1.165, 1.54) is 6.39 Å². The molecule has 0 saturated carbocycles. The van der Waals surface area contributed by atoms with E-state index in [4.69, 9.17) is 10.2 Å². The molecule has 0 spiro atoms. The second kappa shape index (κ2) is 4.75. The van der Waals surface area contributed by atoms with Crippen LogP contribution in [0.15, 0.2) is 35.1 Å². The molecule has 0 unspecified atom stereocenters. The molecule has 0 aliphatic rings. The molecule has 2 rings (SSSR count). The number of hydrogen-bond acceptors (Lipinski definition) is 5. The van der Waals surface area contributed by atoms with Gasteiger partial charge in [-0.3, -0.25) is 4.79 Å². The summed E-state index contributed by atoms with van der Waals surface area (Å²) in [5, 5.41) is 10.1. The quantitative estimate of drug-likeness (QED) is 0.824. The van der Waals surface area contributed by atoms with Crippen LogP contribution in [0.2, 0.25) is 0 Å². The Hall–Kier alpha value is -2.21. The van der Waals surface area contributed by atoms with Crippen LogP contribution >= 0.6 is 0 Å². The minimum absolute atomic E-state index is 0.226. The van der Waals surface area contributed by atoms with Gasteiger partial charge in [0.05, 0.1) is 6.04 Å². The fraction of sp³-hybridized carbons (Fsp3) is 0.182. The Labute approximate surface area is 97.8 Å². The van der Waals surface area contributed by atoms with Crippen LogP contribution in [0.1, 0.15) is 6.92 Å². The maximum Gasteiger partial charge on any atom is 0.247 e. The van der Waals surface area contributed by atoms with E-state index in [-0.39, 0.29) is 5.91 Å². The zero-order valence-corrected chi connectivity index (χ0v) is 9.25. The van der Waals surface area contributed by atoms with E-state index in [1.54, 1.807) is 31.2 Å². The number of anilines is 1. The van der Waals surface area contributed by atoms with Crippen molar-refractivity contribution >= 4 is 11.6 Å². The average molecular weight is 232 g/mol. The molecule has 1 atom stereocenters. The van der Waals surface area contributed by atoms with Gasteiger partial charge in [-0.25, -0.2) is 0 Å². The summed E-state index contributed by atoms with van der Waals surface area (Å²) >= 11 is 0. The van der Waals surface area contributed by atoms with Crippen LogP contribution in [0.5, 0.6) is 0 Å². The summed E-state index contributed by atoms with van der Waals surface area (Å²) in [6.45, 7) is 1.63. The number of nitrogens with zero attached hydrogens (tertiary/aromatic N) is 2. The number of amides is 1. The number of rotatable bonds is 3. The highest BCUT2D eigenvalue weighted by molar-refractivity contribution is 5.94. The lowest BCUT2D eigenvalue weighted by Gasteiger charge is -2.07. The molecule has 6 heteroatoms. The van der Waals surface area contributed by atoms with Crippen LogP contribution in [-0.2, 0) is 4.79 Å². The van der Waals surface area contributed by atoms with Crippen molar-refractivity contribution in [2.75, 3.05) is 5.32 Å². The summed E-state index contributed by atoms with van der Waals surface area (Å²) in [5.41, 5.74) is 6.91. The van der Waals surface area contributed by atoms with E-state index in [9.17, 15) is 4.79 Å². The number of aromatic nitrogens is 2. The highest BCUT2D eigenvalue weighted by Gasteiger charge is 2.08. The molecule has 88 valence electrons. The van der Waals surface area contributed by atoms with Crippen LogP contribution in [0.4, 0.5) is 5.69 Å². The molecule has 17 heavy (non-hydrogen) atoms. The lowest BCUT2D eigenvalue weighted by molar-refractivity contribution is -0.117. The standard InChI is InChI=1S/C11H12N4O2/c1-7(12)10(16)14-9-4-2-8(3-5-9)11-15-13-6-17-11/h2-7H,12H2,1H3,(H,14,16)/t7-/m1/s1. The third-order valence-electron chi connectivity index (χ3n) is 2.17. The zero-order valence-electron chi connectivity index (χ0n) is 9.25. The highest BCUT2D eigenvalue weighted by atomic mass is 16.4. The maximum atomic E-state index is 11.3. The van der Waals surface area contributed by atoms with Crippen LogP contribution in [0.3, 0.4) is 0 Å². The van der Waals surface area contributed by atoms with E-state index in [0.29, 0.717) is 11.6 Å². The molecule has 2 aromatic rings. The number of carbonyl (C=O) groups is 1. The summed E-state index contributed by atoms with van der Waals surface area (Å²) in [7, 11) is 0. The Balaban J connectivity index is 2.11. The second-order valence-electron chi connectivity index (χ2n) is 3.60. The van der Waals surface area contributed by atoms with E-state index in [1.807, 2.05) is 0 Å². The monoisotopic (exact) mass is 232 g/mol. The summed E-state index contributed by atoms with van der Waals surface area (Å²) in [5.74, 6) is 0.214. The van der Waals surface area contributed by atoms with Gasteiger partial charge in [0.1, 0.15) is 0 Å². The largest absolute Gasteiger partial charge is 0.423 e. The van der Waals surface area contributed by atoms with Gasteiger partial charge in [0.15, 0.2) is 0 Å². The van der Waals surface area contributed by atoms with Gasteiger partial charge < -0.3 is 15.5 Å². The molecule has 6 nitrogen and oxygen atoms in total. The predicted octanol–water partition coefficient (Wildman–Crippen LogP) is 1.02. The molecule has 0 bridgehead atoms. The smallest absolute Gasteiger partial charge is 0.247 e. The first-order valence-electron chi connectivity index (χ1n) is 5.10. The summed E-state index contributed by atoms with van der Waals surface area (Å²) in [4.78, 5) is 11.3. The normalized spacial score (nSPS) is 12.1. The van der Waals surface area contributed by atoms with Crippen molar-refractivity contribution in [1.29, 1.82) is 0 Å². The SMILES string of the molecule is C[C@@H](N)C(=O)Nc1ccc(-c2nnco2)cc1. The Morgan fingerprint density at radius 1 is 1.41 bits per heavy atom. The van der Waals surface area contributed by atoms with Gasteiger partial charge in [-0.05, 0) is 31.2 Å². The van der Waals surface area contributed by atoms with Crippen molar-refractivity contribution < 1.29 is 9.21 Å². The molecule has 1 heterocycles. The Bertz CT molecular complexity index is 491. The first kappa shape index (κ1) is 11.3. The molecular weight excluding hydrogens is 220 g/mol. The number of carbonyl (C=O) groups excluding carboxylic acids is 1. The lowest BCUT2D eigenvalue weighted by atomic mass is 10.2. The van der Waals surface area contributed by atoms with E-state index in [2.05, 4.69) is 15.5 Å². The summed E-state index contributed by atoms with van der Waals surface area (Å²) in [6.07, 6.45) is 1.27. The fourth-order valence-electron chi connectivity index (χ4n) is 1.25. The van der Waals surface area contributed by atoms with Gasteiger partial charge in [0, 0.05) is 11.3 Å². The molecule has 0 aliphatic carbocycles. The predicted molar refractivity (Wildman–Crippen MR) is 62.0 cm³/mol. The van der Waals surface area contributed by atoms with Crippen molar-refractivity contribution in [3.63, 3.8) is 0 Å². The zero-order chi connectivity index (χ0) is 12.3. The van der Waals surface area contributed by atoms with Crippen molar-refractivity contribution in [2.24, 2.45) is 5.73 Å². The van der Waals surface area contributed by atoms with Gasteiger partial charge in [-0.2, -0.15) is 0 Å². The molecule has 0 aliphatic heterocycles. The Kier molecular flexibility index (Phi) is 3.15. The minimum atomic E-state index is -0.536. The molecule has 1 amide bonds. The van der Waals surface area contributed by atoms with Crippen molar-refractivity contribution in [3.05, 3.63) is 30.7 Å². The molecular formula is C11H12N4O2. The van der Waals surface area contributed by atoms with Crippen LogP contribution in [0, 0.1) is 0 Å². The molecule has 1 aromatic heterocycles. The van der Waals surface area contributed by atoms with Crippen LogP contribution < -0.4 is 11.1 Å². The van der Waals surface area contributed by atoms with Gasteiger partial charge >= 0.3 is 0 Å². The topological polar surface area (TPSA) is 94.0 Å². The number of benzene rings is 1. The third kappa shape index (κ3) is 2.67. The van der Waals surface area contributed by atoms with E-state index in [0.717, 1.165) is 5.56 Å². The van der Waals surface area contributed by atoms with Gasteiger partial charge in [-0.1, -0.05) is 0 Å². The maximum absolute atomic E-state index is 11.3. The average Bonchev–Trinajstić information content (AvgIpc) is 2.83. The van der Waals surface area contributed by atoms with Crippen molar-refractivity contribution in [2.45, 2.75) is 13.0 Å². The third-order valence-corrected chi connectivity index (χ3v) is 2.17. The molecule has 3 N–H and O–H groups in total. The Morgan fingerprint density at radius 3 is 2.65 bits per heavy atom. The first-order chi connectivity index (χ1) is 8.16. The van der Waals surface area contributed by atoms with Gasteiger partial charge in [0.25, 0.3) is 0 Å². The number of nitrogens with one attached hydrogen (secondary N) is 1. The minimum Gasteiger partial charge on any atom is -0.423 e. The molecule has 1 aromatic carbocycles. The van der Waals surface area contributed by atoms with Crippen molar-refractivity contribution in [1.82, 2.24) is 10.2 Å². The Morgan fingerprint density at radius 2 is 2.12 bits per heavy atom. The van der Waals surface area contributed by atoms with Gasteiger partial charge in [0.2, 0.25) is 18.2 Å². The lowest BCUT2D eigenvalue weighted by Crippen LogP contribution is -2.32. The molecule has 0 fully saturated rings. The van der Waals surface area contributed by atoms with Crippen LogP contribution in [-0.4, -0.2) is 22.1 Å². The van der Waals surface area contributed by atoms with Crippen LogP contribution in [0.25, 0.3) is 11.5 Å². The highest BCUT2D eigenvalue weighted by Crippen LogP contribution is 2.18. The number of hydrogen-bond donors (Lipinski definition) is 2. The first-order valence-corrected chi connectivity index (χ1v) is 5.10. The van der Waals surface area contributed by atoms with E-state index >= 15 is 0 Å². The number of nitrogens with two attached hydrogens (primary N) is 1. The fourth-order valence-corrected chi connectivity index (χ4v) is 1.25. The molecule has 0 radical (unpaired) electrons.